The van der Waals surface area contributed by atoms with Gasteiger partial charge in [-0.15, -0.1) is 0 Å². The molecule has 1 saturated heterocycles. The van der Waals surface area contributed by atoms with Crippen molar-refractivity contribution in [2.75, 3.05) is 25.0 Å². The summed E-state index contributed by atoms with van der Waals surface area (Å²) >= 11 is 0. The van der Waals surface area contributed by atoms with E-state index in [1.807, 2.05) is 4.90 Å². The molecule has 1 aromatic carbocycles. The van der Waals surface area contributed by atoms with E-state index in [0.717, 1.165) is 45.2 Å². The number of nitrogens with zero attached hydrogens (tertiary/aromatic N) is 2. The first kappa shape index (κ1) is 18.2. The highest BCUT2D eigenvalue weighted by molar-refractivity contribution is 5.96. The molecule has 0 radical (unpaired) electrons. The number of hydrogen-bond acceptors (Lipinski definition) is 5. The van der Waals surface area contributed by atoms with E-state index < -0.39 is 10.8 Å². The van der Waals surface area contributed by atoms with Crippen LogP contribution in [0.5, 0.6) is 0 Å². The minimum absolute atomic E-state index is 0.0416. The molecule has 1 aliphatic heterocycles. The number of rotatable bonds is 7. The molecule has 1 aromatic rings. The largest absolute Gasteiger partial charge is 0.377 e. The predicted octanol–water partition coefficient (Wildman–Crippen LogP) is 2.30. The topological polar surface area (TPSA) is 105 Å². The minimum Gasteiger partial charge on any atom is -0.377 e. The molecule has 1 aliphatic carbocycles. The summed E-state index contributed by atoms with van der Waals surface area (Å²) in [5.74, 6) is -0.363. The van der Waals surface area contributed by atoms with Crippen molar-refractivity contribution in [1.82, 2.24) is 10.2 Å². The molecule has 0 aromatic heterocycles. The van der Waals surface area contributed by atoms with Crippen molar-refractivity contribution < 1.29 is 14.5 Å². The standard InChI is InChI=1S/C18H24N4O4/c23-17(21-10-2-1-3-11-21)8-9-19-18(24)13-4-7-15(20-14-5-6-14)16(12-13)22(25)26/h4,7,12,14,20H,1-3,5-6,8-11H2,(H,19,24). The highest BCUT2D eigenvalue weighted by atomic mass is 16.6. The second-order valence-corrected chi connectivity index (χ2v) is 6.85. The molecule has 0 unspecified atom stereocenters. The van der Waals surface area contributed by atoms with Crippen molar-refractivity contribution in [2.45, 2.75) is 44.6 Å². The van der Waals surface area contributed by atoms with Crippen LogP contribution in [-0.2, 0) is 4.79 Å². The van der Waals surface area contributed by atoms with Crippen LogP contribution in [0.15, 0.2) is 18.2 Å². The fourth-order valence-corrected chi connectivity index (χ4v) is 3.08. The van der Waals surface area contributed by atoms with Gasteiger partial charge in [0.25, 0.3) is 11.6 Å². The molecule has 3 rings (SSSR count). The summed E-state index contributed by atoms with van der Waals surface area (Å²) in [5, 5.41) is 17.0. The van der Waals surface area contributed by atoms with Crippen molar-refractivity contribution in [3.05, 3.63) is 33.9 Å². The van der Waals surface area contributed by atoms with Crippen molar-refractivity contribution in [3.63, 3.8) is 0 Å². The number of anilines is 1. The number of likely N-dealkylation sites (tertiary alicyclic amines) is 1. The first-order chi connectivity index (χ1) is 12.5. The van der Waals surface area contributed by atoms with Gasteiger partial charge in [0.2, 0.25) is 5.91 Å². The van der Waals surface area contributed by atoms with Crippen LogP contribution in [0.25, 0.3) is 0 Å². The number of nitrogens with one attached hydrogen (secondary N) is 2. The number of nitro groups is 1. The summed E-state index contributed by atoms with van der Waals surface area (Å²) in [6.07, 6.45) is 5.47. The molecule has 1 heterocycles. The van der Waals surface area contributed by atoms with Gasteiger partial charge in [0.1, 0.15) is 5.69 Å². The molecule has 8 nitrogen and oxygen atoms in total. The van der Waals surface area contributed by atoms with Gasteiger partial charge in [-0.05, 0) is 44.2 Å². The summed E-state index contributed by atoms with van der Waals surface area (Å²) in [5.41, 5.74) is 0.562. The summed E-state index contributed by atoms with van der Waals surface area (Å²) in [4.78, 5) is 36.9. The van der Waals surface area contributed by atoms with Gasteiger partial charge in [0.05, 0.1) is 4.92 Å². The Bertz CT molecular complexity index is 696. The van der Waals surface area contributed by atoms with Crippen LogP contribution >= 0.6 is 0 Å². The Morgan fingerprint density at radius 1 is 1.19 bits per heavy atom. The SMILES string of the molecule is O=C(NCCC(=O)N1CCCCC1)c1ccc(NC2CC2)c([N+](=O)[O-])c1. The van der Waals surface area contributed by atoms with Gasteiger partial charge in [-0.2, -0.15) is 0 Å². The van der Waals surface area contributed by atoms with Crippen molar-refractivity contribution >= 4 is 23.2 Å². The molecule has 0 bridgehead atoms. The third-order valence-corrected chi connectivity index (χ3v) is 4.73. The summed E-state index contributed by atoms with van der Waals surface area (Å²) in [7, 11) is 0. The fourth-order valence-electron chi connectivity index (χ4n) is 3.08. The van der Waals surface area contributed by atoms with Gasteiger partial charge in [0, 0.05) is 43.7 Å². The van der Waals surface area contributed by atoms with Crippen LogP contribution in [-0.4, -0.2) is 47.3 Å². The zero-order valence-electron chi connectivity index (χ0n) is 14.7. The number of amides is 2. The summed E-state index contributed by atoms with van der Waals surface area (Å²) in [6.45, 7) is 1.80. The molecule has 0 spiro atoms. The molecule has 8 heteroatoms. The lowest BCUT2D eigenvalue weighted by Crippen LogP contribution is -2.37. The third-order valence-electron chi connectivity index (χ3n) is 4.73. The highest BCUT2D eigenvalue weighted by Crippen LogP contribution is 2.31. The predicted molar refractivity (Wildman–Crippen MR) is 97.1 cm³/mol. The van der Waals surface area contributed by atoms with E-state index in [1.54, 1.807) is 12.1 Å². The molecular weight excluding hydrogens is 336 g/mol. The molecule has 2 aliphatic rings. The Morgan fingerprint density at radius 2 is 1.92 bits per heavy atom. The lowest BCUT2D eigenvalue weighted by molar-refractivity contribution is -0.384. The number of hydrogen-bond donors (Lipinski definition) is 2. The maximum Gasteiger partial charge on any atom is 0.293 e. The zero-order chi connectivity index (χ0) is 18.5. The van der Waals surface area contributed by atoms with E-state index in [4.69, 9.17) is 0 Å². The summed E-state index contributed by atoms with van der Waals surface area (Å²) in [6, 6.07) is 4.71. The first-order valence-electron chi connectivity index (χ1n) is 9.15. The maximum atomic E-state index is 12.2. The smallest absolute Gasteiger partial charge is 0.293 e. The van der Waals surface area contributed by atoms with Crippen LogP contribution in [0.2, 0.25) is 0 Å². The van der Waals surface area contributed by atoms with Crippen LogP contribution in [0, 0.1) is 10.1 Å². The Kier molecular flexibility index (Phi) is 5.70. The monoisotopic (exact) mass is 360 g/mol. The van der Waals surface area contributed by atoms with Crippen LogP contribution in [0.1, 0.15) is 48.9 Å². The second-order valence-electron chi connectivity index (χ2n) is 6.85. The molecule has 0 atom stereocenters. The van der Waals surface area contributed by atoms with E-state index >= 15 is 0 Å². The third kappa shape index (κ3) is 4.71. The molecular formula is C18H24N4O4. The van der Waals surface area contributed by atoms with Crippen molar-refractivity contribution in [3.8, 4) is 0 Å². The van der Waals surface area contributed by atoms with Gasteiger partial charge < -0.3 is 15.5 Å². The van der Waals surface area contributed by atoms with E-state index in [2.05, 4.69) is 10.6 Å². The lowest BCUT2D eigenvalue weighted by Gasteiger charge is -2.26. The number of carbonyl (C=O) groups is 2. The normalized spacial score (nSPS) is 16.8. The Balaban J connectivity index is 1.54. The highest BCUT2D eigenvalue weighted by Gasteiger charge is 2.25. The van der Waals surface area contributed by atoms with E-state index in [1.165, 1.54) is 6.07 Å². The van der Waals surface area contributed by atoms with Gasteiger partial charge in [-0.1, -0.05) is 0 Å². The quantitative estimate of drug-likeness (QED) is 0.573. The van der Waals surface area contributed by atoms with Gasteiger partial charge in [0.15, 0.2) is 0 Å². The minimum atomic E-state index is -0.485. The number of nitro benzene ring substituents is 1. The average molecular weight is 360 g/mol. The second kappa shape index (κ2) is 8.16. The van der Waals surface area contributed by atoms with E-state index in [9.17, 15) is 19.7 Å². The number of benzene rings is 1. The van der Waals surface area contributed by atoms with Crippen LogP contribution in [0.4, 0.5) is 11.4 Å². The van der Waals surface area contributed by atoms with E-state index in [-0.39, 0.29) is 36.2 Å². The van der Waals surface area contributed by atoms with Crippen LogP contribution < -0.4 is 10.6 Å². The lowest BCUT2D eigenvalue weighted by atomic mass is 10.1. The first-order valence-corrected chi connectivity index (χ1v) is 9.15. The molecule has 140 valence electrons. The Hall–Kier alpha value is -2.64. The van der Waals surface area contributed by atoms with Gasteiger partial charge in [-0.25, -0.2) is 0 Å². The molecule has 2 N–H and O–H groups in total. The Morgan fingerprint density at radius 3 is 2.58 bits per heavy atom. The molecule has 2 fully saturated rings. The number of carbonyl (C=O) groups excluding carboxylic acids is 2. The van der Waals surface area contributed by atoms with Crippen molar-refractivity contribution in [1.29, 1.82) is 0 Å². The average Bonchev–Trinajstić information content (AvgIpc) is 3.46. The van der Waals surface area contributed by atoms with Gasteiger partial charge >= 0.3 is 0 Å². The molecule has 2 amide bonds. The summed E-state index contributed by atoms with van der Waals surface area (Å²) < 4.78 is 0. The van der Waals surface area contributed by atoms with Gasteiger partial charge in [-0.3, -0.25) is 19.7 Å². The van der Waals surface area contributed by atoms with Crippen LogP contribution in [0.3, 0.4) is 0 Å². The van der Waals surface area contributed by atoms with Crippen molar-refractivity contribution in [2.24, 2.45) is 0 Å². The Labute approximate surface area is 152 Å². The molecule has 26 heavy (non-hydrogen) atoms. The number of piperidine rings is 1. The fraction of sp³-hybridized carbons (Fsp3) is 0.556. The van der Waals surface area contributed by atoms with E-state index in [0.29, 0.717) is 5.69 Å². The maximum absolute atomic E-state index is 12.2. The molecule has 1 saturated carbocycles. The zero-order valence-corrected chi connectivity index (χ0v) is 14.7.